The number of carbonyl (C=O) groups is 2. The van der Waals surface area contributed by atoms with Crippen LogP contribution in [0.5, 0.6) is 17.2 Å². The van der Waals surface area contributed by atoms with Gasteiger partial charge in [0.2, 0.25) is 5.91 Å². The first-order chi connectivity index (χ1) is 18.3. The summed E-state index contributed by atoms with van der Waals surface area (Å²) in [5.41, 5.74) is 1.51. The molecule has 1 saturated heterocycles. The van der Waals surface area contributed by atoms with Gasteiger partial charge in [-0.2, -0.15) is 5.10 Å². The minimum absolute atomic E-state index is 0.00912. The van der Waals surface area contributed by atoms with Crippen molar-refractivity contribution in [2.24, 2.45) is 0 Å². The molecule has 1 fully saturated rings. The SMILES string of the molecule is COc1ccc(-c2c(-c3cc(Cl)c(O)cc3O)n[nH]c2C(=O)NC(C)C(=O)NCCN2CCOCC2)cc1. The average molecular weight is 544 g/mol. The van der Waals surface area contributed by atoms with Gasteiger partial charge in [-0.05, 0) is 30.7 Å². The Morgan fingerprint density at radius 3 is 2.58 bits per heavy atom. The third-order valence-corrected chi connectivity index (χ3v) is 6.57. The van der Waals surface area contributed by atoms with E-state index < -0.39 is 11.9 Å². The van der Waals surface area contributed by atoms with Crippen LogP contribution in [0.1, 0.15) is 17.4 Å². The first-order valence-corrected chi connectivity index (χ1v) is 12.5. The molecule has 0 saturated carbocycles. The average Bonchev–Trinajstić information content (AvgIpc) is 3.36. The van der Waals surface area contributed by atoms with Crippen LogP contribution in [0.3, 0.4) is 0 Å². The highest BCUT2D eigenvalue weighted by Crippen LogP contribution is 2.41. The van der Waals surface area contributed by atoms with E-state index in [0.29, 0.717) is 43.2 Å². The van der Waals surface area contributed by atoms with Crippen LogP contribution in [0, 0.1) is 0 Å². The predicted octanol–water partition coefficient (Wildman–Crippen LogP) is 2.38. The van der Waals surface area contributed by atoms with E-state index in [0.717, 1.165) is 19.2 Å². The number of aromatic nitrogens is 2. The van der Waals surface area contributed by atoms with Crippen molar-refractivity contribution >= 4 is 23.4 Å². The smallest absolute Gasteiger partial charge is 0.270 e. The minimum atomic E-state index is -0.820. The molecule has 0 radical (unpaired) electrons. The molecule has 3 aromatic rings. The van der Waals surface area contributed by atoms with Gasteiger partial charge in [0.1, 0.15) is 34.7 Å². The zero-order chi connectivity index (χ0) is 27.2. The monoisotopic (exact) mass is 543 g/mol. The number of benzene rings is 2. The highest BCUT2D eigenvalue weighted by Gasteiger charge is 2.26. The number of methoxy groups -OCH3 is 1. The number of amides is 2. The van der Waals surface area contributed by atoms with Gasteiger partial charge in [-0.15, -0.1) is 0 Å². The Balaban J connectivity index is 1.56. The Kier molecular flexibility index (Phi) is 8.72. The molecular formula is C26H30ClN5O6. The molecule has 1 atom stereocenters. The number of aromatic hydroxyl groups is 2. The van der Waals surface area contributed by atoms with Crippen LogP contribution < -0.4 is 15.4 Å². The van der Waals surface area contributed by atoms with Crippen molar-refractivity contribution in [1.82, 2.24) is 25.7 Å². The summed E-state index contributed by atoms with van der Waals surface area (Å²) < 4.78 is 10.6. The molecule has 1 aromatic heterocycles. The third-order valence-electron chi connectivity index (χ3n) is 6.26. The zero-order valence-electron chi connectivity index (χ0n) is 21.1. The highest BCUT2D eigenvalue weighted by atomic mass is 35.5. The Morgan fingerprint density at radius 2 is 1.89 bits per heavy atom. The van der Waals surface area contributed by atoms with Crippen molar-refractivity contribution < 1.29 is 29.3 Å². The molecule has 2 heterocycles. The van der Waals surface area contributed by atoms with Gasteiger partial charge in [0, 0.05) is 43.4 Å². The number of carbonyl (C=O) groups excluding carboxylic acids is 2. The minimum Gasteiger partial charge on any atom is -0.507 e. The number of hydrogen-bond donors (Lipinski definition) is 5. The molecule has 202 valence electrons. The van der Waals surface area contributed by atoms with Crippen molar-refractivity contribution in [3.63, 3.8) is 0 Å². The van der Waals surface area contributed by atoms with Crippen LogP contribution in [0.25, 0.3) is 22.4 Å². The Hall–Kier alpha value is -3.80. The molecule has 1 aliphatic heterocycles. The van der Waals surface area contributed by atoms with Gasteiger partial charge in [-0.3, -0.25) is 19.6 Å². The predicted molar refractivity (Wildman–Crippen MR) is 142 cm³/mol. The summed E-state index contributed by atoms with van der Waals surface area (Å²) in [4.78, 5) is 28.1. The van der Waals surface area contributed by atoms with E-state index in [2.05, 4.69) is 25.7 Å². The number of hydrogen-bond acceptors (Lipinski definition) is 8. The molecule has 0 bridgehead atoms. The lowest BCUT2D eigenvalue weighted by Gasteiger charge is -2.26. The molecule has 4 rings (SSSR count). The number of halogens is 1. The molecule has 0 spiro atoms. The van der Waals surface area contributed by atoms with E-state index in [-0.39, 0.29) is 39.4 Å². The van der Waals surface area contributed by atoms with Gasteiger partial charge < -0.3 is 30.3 Å². The van der Waals surface area contributed by atoms with Crippen molar-refractivity contribution in [3.05, 3.63) is 47.1 Å². The quantitative estimate of drug-likeness (QED) is 0.276. The van der Waals surface area contributed by atoms with Crippen molar-refractivity contribution in [1.29, 1.82) is 0 Å². The van der Waals surface area contributed by atoms with Crippen molar-refractivity contribution in [2.45, 2.75) is 13.0 Å². The standard InChI is InChI=1S/C26H30ClN5O6/c1-15(25(35)28-7-8-32-9-11-38-12-10-32)29-26(36)24-22(16-3-5-17(37-2)6-4-16)23(30-31-24)18-13-19(27)21(34)14-20(18)33/h3-6,13-15,33-34H,7-12H2,1-2H3,(H,28,35)(H,29,36)(H,30,31). The fourth-order valence-electron chi connectivity index (χ4n) is 4.13. The highest BCUT2D eigenvalue weighted by molar-refractivity contribution is 6.32. The summed E-state index contributed by atoms with van der Waals surface area (Å²) in [7, 11) is 1.54. The summed E-state index contributed by atoms with van der Waals surface area (Å²) in [5, 5.41) is 32.9. The van der Waals surface area contributed by atoms with Gasteiger partial charge in [0.05, 0.1) is 25.3 Å². The maximum Gasteiger partial charge on any atom is 0.270 e. The van der Waals surface area contributed by atoms with Gasteiger partial charge in [-0.1, -0.05) is 23.7 Å². The number of H-pyrrole nitrogens is 1. The number of ether oxygens (including phenoxy) is 2. The first kappa shape index (κ1) is 27.2. The second kappa shape index (κ2) is 12.2. The third kappa shape index (κ3) is 6.18. The molecule has 1 unspecified atom stereocenters. The lowest BCUT2D eigenvalue weighted by atomic mass is 9.97. The second-order valence-corrected chi connectivity index (χ2v) is 9.22. The number of aromatic amines is 1. The number of rotatable bonds is 9. The van der Waals surface area contributed by atoms with Crippen LogP contribution in [0.15, 0.2) is 36.4 Å². The largest absolute Gasteiger partial charge is 0.507 e. The molecule has 2 aromatic carbocycles. The number of phenolic OH excluding ortho intramolecular Hbond substituents is 2. The molecular weight excluding hydrogens is 514 g/mol. The normalized spacial score (nSPS) is 14.6. The molecule has 1 aliphatic rings. The summed E-state index contributed by atoms with van der Waals surface area (Å²) in [5.74, 6) is -0.827. The van der Waals surface area contributed by atoms with Crippen LogP contribution in [-0.4, -0.2) is 89.7 Å². The van der Waals surface area contributed by atoms with Gasteiger partial charge in [0.15, 0.2) is 0 Å². The van der Waals surface area contributed by atoms with E-state index in [1.165, 1.54) is 6.07 Å². The zero-order valence-corrected chi connectivity index (χ0v) is 21.8. The fraction of sp³-hybridized carbons (Fsp3) is 0.346. The lowest BCUT2D eigenvalue weighted by molar-refractivity contribution is -0.122. The maximum atomic E-state index is 13.3. The molecule has 12 heteroatoms. The van der Waals surface area contributed by atoms with Crippen molar-refractivity contribution in [3.8, 4) is 39.6 Å². The van der Waals surface area contributed by atoms with Crippen LogP contribution >= 0.6 is 11.6 Å². The van der Waals surface area contributed by atoms with Crippen LogP contribution in [0.4, 0.5) is 0 Å². The van der Waals surface area contributed by atoms with Crippen LogP contribution in [0.2, 0.25) is 5.02 Å². The molecule has 0 aliphatic carbocycles. The Bertz CT molecular complexity index is 1290. The van der Waals surface area contributed by atoms with Crippen molar-refractivity contribution in [2.75, 3.05) is 46.5 Å². The van der Waals surface area contributed by atoms with E-state index in [1.54, 1.807) is 38.3 Å². The van der Waals surface area contributed by atoms with Gasteiger partial charge >= 0.3 is 0 Å². The van der Waals surface area contributed by atoms with E-state index in [1.807, 2.05) is 0 Å². The summed E-state index contributed by atoms with van der Waals surface area (Å²) in [6, 6.07) is 8.58. The summed E-state index contributed by atoms with van der Waals surface area (Å²) in [6.45, 7) is 5.73. The maximum absolute atomic E-state index is 13.3. The summed E-state index contributed by atoms with van der Waals surface area (Å²) in [6.07, 6.45) is 0. The number of nitrogens with one attached hydrogen (secondary N) is 3. The second-order valence-electron chi connectivity index (χ2n) is 8.81. The summed E-state index contributed by atoms with van der Waals surface area (Å²) >= 11 is 6.09. The fourth-order valence-corrected chi connectivity index (χ4v) is 4.29. The number of nitrogens with zero attached hydrogens (tertiary/aromatic N) is 2. The number of morpholine rings is 1. The molecule has 5 N–H and O–H groups in total. The lowest BCUT2D eigenvalue weighted by Crippen LogP contribution is -2.47. The Labute approximate surface area is 224 Å². The van der Waals surface area contributed by atoms with Gasteiger partial charge in [-0.25, -0.2) is 0 Å². The Morgan fingerprint density at radius 1 is 1.18 bits per heavy atom. The van der Waals surface area contributed by atoms with Gasteiger partial charge in [0.25, 0.3) is 5.91 Å². The molecule has 2 amide bonds. The molecule has 38 heavy (non-hydrogen) atoms. The van der Waals surface area contributed by atoms with E-state index >= 15 is 0 Å². The number of phenols is 2. The van der Waals surface area contributed by atoms with Crippen LogP contribution in [-0.2, 0) is 9.53 Å². The van der Waals surface area contributed by atoms with E-state index in [9.17, 15) is 19.8 Å². The molecule has 11 nitrogen and oxygen atoms in total. The topological polar surface area (TPSA) is 149 Å². The van der Waals surface area contributed by atoms with E-state index in [4.69, 9.17) is 21.1 Å². The first-order valence-electron chi connectivity index (χ1n) is 12.1.